The second kappa shape index (κ2) is 12.6. The van der Waals surface area contributed by atoms with E-state index in [0.717, 1.165) is 72.3 Å². The molecular weight excluding hydrogens is 543 g/mol. The summed E-state index contributed by atoms with van der Waals surface area (Å²) >= 11 is 3.53. The van der Waals surface area contributed by atoms with Crippen LogP contribution in [0.15, 0.2) is 24.3 Å². The van der Waals surface area contributed by atoms with Crippen molar-refractivity contribution in [1.82, 2.24) is 4.98 Å². The van der Waals surface area contributed by atoms with Gasteiger partial charge in [-0.3, -0.25) is 4.98 Å². The second-order valence-corrected chi connectivity index (χ2v) is 14.2. The van der Waals surface area contributed by atoms with E-state index in [-0.39, 0.29) is 5.41 Å². The van der Waals surface area contributed by atoms with Crippen LogP contribution >= 0.6 is 12.6 Å². The molecule has 0 bridgehead atoms. The lowest BCUT2D eigenvalue weighted by Gasteiger charge is -2.37. The first-order valence-corrected chi connectivity index (χ1v) is 15.9. The molecule has 1 N–H and O–H groups in total. The number of nitrogens with zero attached hydrogens (tertiary/aromatic N) is 1. The number of aliphatic hydroxyl groups excluding tert-OH is 1. The van der Waals surface area contributed by atoms with Crippen molar-refractivity contribution in [3.63, 3.8) is 0 Å². The van der Waals surface area contributed by atoms with E-state index in [9.17, 15) is 18.3 Å². The molecule has 2 aliphatic carbocycles. The highest BCUT2D eigenvalue weighted by Crippen LogP contribution is 2.55. The lowest BCUT2D eigenvalue weighted by Crippen LogP contribution is -2.30. The molecule has 1 fully saturated rings. The lowest BCUT2D eigenvalue weighted by molar-refractivity contribution is -0.137. The van der Waals surface area contributed by atoms with E-state index >= 15 is 0 Å². The Kier molecular flexibility index (Phi) is 10.4. The van der Waals surface area contributed by atoms with Crippen LogP contribution in [-0.2, 0) is 22.9 Å². The first-order chi connectivity index (χ1) is 18.9. The highest BCUT2D eigenvalue weighted by molar-refractivity contribution is 7.79. The molecule has 230 valence electrons. The summed E-state index contributed by atoms with van der Waals surface area (Å²) in [5.74, 6) is 0.320. The fourth-order valence-electron chi connectivity index (χ4n) is 6.21. The molecule has 0 radical (unpaired) electrons. The van der Waals surface area contributed by atoms with Gasteiger partial charge in [-0.2, -0.15) is 25.8 Å². The number of hydrogen-bond acceptors (Lipinski definition) is 4. The van der Waals surface area contributed by atoms with Crippen LogP contribution in [0.25, 0.3) is 0 Å². The number of pyridine rings is 1. The monoisotopic (exact) mass is 593 g/mol. The molecule has 2 heterocycles. The fourth-order valence-corrected chi connectivity index (χ4v) is 6.21. The normalized spacial score (nSPS) is 23.1. The zero-order valence-electron chi connectivity index (χ0n) is 26.4. The van der Waals surface area contributed by atoms with Gasteiger partial charge in [0, 0.05) is 16.8 Å². The molecule has 3 nitrogen and oxygen atoms in total. The molecule has 0 spiro atoms. The number of aromatic nitrogens is 1. The minimum Gasteiger partial charge on any atom is -0.388 e. The molecule has 7 heteroatoms. The number of hydrogen-bond donors (Lipinski definition) is 2. The topological polar surface area (TPSA) is 42.4 Å². The van der Waals surface area contributed by atoms with E-state index in [1.165, 1.54) is 18.6 Å². The number of alkyl halides is 3. The lowest BCUT2D eigenvalue weighted by atomic mass is 9.70. The summed E-state index contributed by atoms with van der Waals surface area (Å²) in [5, 5.41) is 11.3. The van der Waals surface area contributed by atoms with Gasteiger partial charge in [-0.15, -0.1) is 0 Å². The Bertz CT molecular complexity index is 1180. The van der Waals surface area contributed by atoms with Gasteiger partial charge in [0.2, 0.25) is 0 Å². The largest absolute Gasteiger partial charge is 0.416 e. The third-order valence-electron chi connectivity index (χ3n) is 8.73. The zero-order chi connectivity index (χ0) is 31.0. The zero-order valence-corrected chi connectivity index (χ0v) is 27.3. The van der Waals surface area contributed by atoms with Crippen LogP contribution < -0.4 is 0 Å². The van der Waals surface area contributed by atoms with Crippen molar-refractivity contribution in [2.24, 2.45) is 10.8 Å². The van der Waals surface area contributed by atoms with E-state index < -0.39 is 29.5 Å². The quantitative estimate of drug-likeness (QED) is 0.341. The van der Waals surface area contributed by atoms with Crippen LogP contribution in [0.2, 0.25) is 0 Å². The molecule has 2 unspecified atom stereocenters. The summed E-state index contributed by atoms with van der Waals surface area (Å²) in [5.41, 5.74) is 4.78. The Morgan fingerprint density at radius 3 is 1.98 bits per heavy atom. The van der Waals surface area contributed by atoms with E-state index in [1.54, 1.807) is 6.26 Å². The van der Waals surface area contributed by atoms with Crippen LogP contribution in [0, 0.1) is 10.8 Å². The average molecular weight is 594 g/mol. The Morgan fingerprint density at radius 2 is 1.49 bits per heavy atom. The maximum atomic E-state index is 13.2. The van der Waals surface area contributed by atoms with Crippen molar-refractivity contribution >= 4 is 12.6 Å². The van der Waals surface area contributed by atoms with Gasteiger partial charge in [0.1, 0.15) is 11.7 Å². The predicted octanol–water partition coefficient (Wildman–Crippen LogP) is 10.1. The van der Waals surface area contributed by atoms with Gasteiger partial charge in [0.25, 0.3) is 0 Å². The molecule has 1 aliphatic heterocycles. The van der Waals surface area contributed by atoms with E-state index in [2.05, 4.69) is 54.2 Å². The number of rotatable bonds is 2. The maximum absolute atomic E-state index is 13.2. The molecule has 5 rings (SSSR count). The standard InChI is InChI=1S/C27H32F3NO2.C6H14.CH4S/c1-25(2)13-18-21(19(32)14-25)20(15-7-5-6-8-15)22-23(33-26(3,4)24(22)31-18)16-9-11-17(12-10-16)27(28,29)30;1-5-6(2,3)4;1-2/h9-12,15,19,23,32H,5-8,13-14H2,1-4H3;5H2,1-4H3;2H,1H3. The minimum atomic E-state index is -4.38. The molecule has 1 aromatic heterocycles. The number of fused-ring (bicyclic) bond motifs is 2. The SMILES string of the molecule is CC1(C)Cc2nc3c(c(C4CCCC4)c2C(O)C1)C(c1ccc(C(F)(F)F)cc1)OC3(C)C.CCC(C)(C)C.CS. The maximum Gasteiger partial charge on any atom is 0.416 e. The smallest absolute Gasteiger partial charge is 0.388 e. The van der Waals surface area contributed by atoms with Crippen LogP contribution in [-0.4, -0.2) is 16.3 Å². The summed E-state index contributed by atoms with van der Waals surface area (Å²) < 4.78 is 46.0. The average Bonchev–Trinajstić information content (AvgIpc) is 3.49. The molecule has 2 atom stereocenters. The fraction of sp³-hybridized carbons (Fsp3) is 0.676. The second-order valence-electron chi connectivity index (χ2n) is 14.2. The number of thiol groups is 1. The molecule has 1 aromatic carbocycles. The van der Waals surface area contributed by atoms with Crippen molar-refractivity contribution in [3.8, 4) is 0 Å². The van der Waals surface area contributed by atoms with E-state index in [4.69, 9.17) is 9.72 Å². The molecule has 41 heavy (non-hydrogen) atoms. The molecule has 2 aromatic rings. The van der Waals surface area contributed by atoms with Crippen molar-refractivity contribution in [2.45, 2.75) is 130 Å². The van der Waals surface area contributed by atoms with Gasteiger partial charge < -0.3 is 9.84 Å². The summed E-state index contributed by atoms with van der Waals surface area (Å²) in [7, 11) is 0. The highest BCUT2D eigenvalue weighted by atomic mass is 32.1. The molecule has 1 saturated carbocycles. The van der Waals surface area contributed by atoms with Gasteiger partial charge >= 0.3 is 6.18 Å². The number of halogens is 3. The van der Waals surface area contributed by atoms with E-state index in [1.807, 2.05) is 13.8 Å². The van der Waals surface area contributed by atoms with Crippen LogP contribution in [0.4, 0.5) is 13.2 Å². The summed E-state index contributed by atoms with van der Waals surface area (Å²) in [6.07, 6.45) is 3.38. The first kappa shape index (κ1) is 33.9. The summed E-state index contributed by atoms with van der Waals surface area (Å²) in [6, 6.07) is 5.30. The molecular formula is C34H50F3NO2S. The summed E-state index contributed by atoms with van der Waals surface area (Å²) in [4.78, 5) is 5.09. The Hall–Kier alpha value is -1.57. The Morgan fingerprint density at radius 1 is 0.951 bits per heavy atom. The predicted molar refractivity (Wildman–Crippen MR) is 165 cm³/mol. The van der Waals surface area contributed by atoms with E-state index in [0.29, 0.717) is 23.3 Å². The Balaban J connectivity index is 0.000000515. The van der Waals surface area contributed by atoms with Gasteiger partial charge in [-0.1, -0.05) is 72.9 Å². The van der Waals surface area contributed by atoms with Gasteiger partial charge in [-0.05, 0) is 85.8 Å². The van der Waals surface area contributed by atoms with Crippen LogP contribution in [0.1, 0.15) is 151 Å². The van der Waals surface area contributed by atoms with Crippen LogP contribution in [0.5, 0.6) is 0 Å². The third-order valence-corrected chi connectivity index (χ3v) is 8.73. The summed E-state index contributed by atoms with van der Waals surface area (Å²) in [6.45, 7) is 17.2. The van der Waals surface area contributed by atoms with Gasteiger partial charge in [-0.25, -0.2) is 0 Å². The minimum absolute atomic E-state index is 0.0446. The Labute approximate surface area is 251 Å². The highest BCUT2D eigenvalue weighted by Gasteiger charge is 2.47. The number of ether oxygens (including phenoxy) is 1. The molecule has 3 aliphatic rings. The van der Waals surface area contributed by atoms with Gasteiger partial charge in [0.15, 0.2) is 0 Å². The first-order valence-electron chi connectivity index (χ1n) is 15.0. The molecule has 0 amide bonds. The van der Waals surface area contributed by atoms with Crippen LogP contribution in [0.3, 0.4) is 0 Å². The number of benzene rings is 1. The van der Waals surface area contributed by atoms with Crippen molar-refractivity contribution in [1.29, 1.82) is 0 Å². The van der Waals surface area contributed by atoms with Crippen molar-refractivity contribution in [3.05, 3.63) is 63.5 Å². The van der Waals surface area contributed by atoms with Crippen molar-refractivity contribution in [2.75, 3.05) is 6.26 Å². The number of aliphatic hydroxyl groups is 1. The third kappa shape index (κ3) is 7.69. The van der Waals surface area contributed by atoms with Crippen molar-refractivity contribution < 1.29 is 23.0 Å². The van der Waals surface area contributed by atoms with Gasteiger partial charge in [0.05, 0.1) is 17.4 Å². The molecule has 0 saturated heterocycles.